The number of nitrogens with zero attached hydrogens (tertiary/aromatic N) is 3. The van der Waals surface area contributed by atoms with Crippen LogP contribution in [0.2, 0.25) is 0 Å². The Labute approximate surface area is 91.0 Å². The van der Waals surface area contributed by atoms with E-state index >= 15 is 0 Å². The molecule has 0 saturated carbocycles. The molecule has 0 radical (unpaired) electrons. The maximum absolute atomic E-state index is 5.53. The van der Waals surface area contributed by atoms with Crippen LogP contribution >= 0.6 is 23.8 Å². The first kappa shape index (κ1) is 9.75. The Balaban J connectivity index is 2.04. The second-order valence-corrected chi connectivity index (χ2v) is 4.16. The van der Waals surface area contributed by atoms with Gasteiger partial charge in [-0.05, 0) is 0 Å². The summed E-state index contributed by atoms with van der Waals surface area (Å²) < 4.78 is 9.37. The van der Waals surface area contributed by atoms with E-state index in [0.29, 0.717) is 18.1 Å². The van der Waals surface area contributed by atoms with Crippen LogP contribution in [0.5, 0.6) is 0 Å². The third-order valence-corrected chi connectivity index (χ3v) is 2.99. The van der Waals surface area contributed by atoms with Crippen molar-refractivity contribution in [2.45, 2.75) is 6.10 Å². The molecule has 0 aromatic carbocycles. The Morgan fingerprint density at radius 1 is 1.79 bits per heavy atom. The topological polar surface area (TPSA) is 64.3 Å². The number of thiocarbonyl (C=S) groups is 1. The Morgan fingerprint density at radius 3 is 3.29 bits per heavy atom. The predicted molar refractivity (Wildman–Crippen MR) is 58.6 cm³/mol. The van der Waals surface area contributed by atoms with Crippen LogP contribution in [0.1, 0.15) is 0 Å². The molecule has 1 aliphatic heterocycles. The maximum Gasteiger partial charge on any atom is 0.205 e. The Hall–Kier alpha value is -0.790. The van der Waals surface area contributed by atoms with E-state index in [0.717, 1.165) is 11.7 Å². The first-order valence-corrected chi connectivity index (χ1v) is 5.38. The van der Waals surface area contributed by atoms with E-state index < -0.39 is 0 Å². The highest BCUT2D eigenvalue weighted by Crippen LogP contribution is 2.18. The van der Waals surface area contributed by atoms with E-state index in [1.165, 1.54) is 11.5 Å². The van der Waals surface area contributed by atoms with E-state index in [-0.39, 0.29) is 6.10 Å². The fourth-order valence-corrected chi connectivity index (χ4v) is 2.01. The molecule has 7 heteroatoms. The quantitative estimate of drug-likeness (QED) is 0.723. The normalized spacial score (nSPS) is 22.3. The third kappa shape index (κ3) is 1.99. The van der Waals surface area contributed by atoms with Crippen LogP contribution in [0, 0.1) is 0 Å². The van der Waals surface area contributed by atoms with E-state index in [1.54, 1.807) is 6.33 Å². The fourth-order valence-electron chi connectivity index (χ4n) is 1.30. The molecule has 2 heterocycles. The smallest absolute Gasteiger partial charge is 0.205 e. The highest BCUT2D eigenvalue weighted by atomic mass is 32.1. The van der Waals surface area contributed by atoms with Crippen LogP contribution in [0.25, 0.3) is 0 Å². The van der Waals surface area contributed by atoms with Crippen LogP contribution < -0.4 is 10.6 Å². The van der Waals surface area contributed by atoms with Gasteiger partial charge in [-0.3, -0.25) is 0 Å². The number of anilines is 1. The second-order valence-electron chi connectivity index (χ2n) is 2.93. The summed E-state index contributed by atoms with van der Waals surface area (Å²) in [6.07, 6.45) is 1.38. The molecule has 0 spiro atoms. The average Bonchev–Trinajstić information content (AvgIpc) is 2.71. The summed E-state index contributed by atoms with van der Waals surface area (Å²) in [6.45, 7) is 2.11. The van der Waals surface area contributed by atoms with Gasteiger partial charge in [-0.1, -0.05) is 12.2 Å². The number of ether oxygens (including phenoxy) is 1. The van der Waals surface area contributed by atoms with Crippen molar-refractivity contribution in [2.75, 3.05) is 24.6 Å². The van der Waals surface area contributed by atoms with Crippen molar-refractivity contribution in [3.63, 3.8) is 0 Å². The van der Waals surface area contributed by atoms with Gasteiger partial charge in [-0.2, -0.15) is 4.37 Å². The molecule has 1 saturated heterocycles. The zero-order chi connectivity index (χ0) is 9.97. The molecule has 1 aromatic rings. The fraction of sp³-hybridized carbons (Fsp3) is 0.571. The van der Waals surface area contributed by atoms with Gasteiger partial charge in [0, 0.05) is 18.1 Å². The zero-order valence-electron chi connectivity index (χ0n) is 7.42. The average molecular weight is 230 g/mol. The summed E-state index contributed by atoms with van der Waals surface area (Å²) in [5.41, 5.74) is 5.53. The van der Waals surface area contributed by atoms with Gasteiger partial charge in [0.05, 0.1) is 13.2 Å². The van der Waals surface area contributed by atoms with Crippen LogP contribution in [0.15, 0.2) is 6.33 Å². The molecule has 1 fully saturated rings. The molecular formula is C7H10N4OS2. The van der Waals surface area contributed by atoms with Crippen LogP contribution in [0.4, 0.5) is 5.13 Å². The SMILES string of the molecule is NC(=S)C1CN(c2ncns2)CCO1. The molecule has 0 amide bonds. The van der Waals surface area contributed by atoms with E-state index in [4.69, 9.17) is 22.7 Å². The molecule has 0 bridgehead atoms. The summed E-state index contributed by atoms with van der Waals surface area (Å²) in [4.78, 5) is 6.62. The van der Waals surface area contributed by atoms with E-state index in [2.05, 4.69) is 14.3 Å². The van der Waals surface area contributed by atoms with Gasteiger partial charge in [0.1, 0.15) is 17.4 Å². The van der Waals surface area contributed by atoms with Gasteiger partial charge < -0.3 is 15.4 Å². The molecule has 0 aliphatic carbocycles. The van der Waals surface area contributed by atoms with Crippen molar-refractivity contribution >= 4 is 33.9 Å². The molecule has 1 aliphatic rings. The van der Waals surface area contributed by atoms with Gasteiger partial charge in [0.15, 0.2) is 0 Å². The lowest BCUT2D eigenvalue weighted by Crippen LogP contribution is -2.47. The molecule has 5 nitrogen and oxygen atoms in total. The minimum Gasteiger partial charge on any atom is -0.391 e. The van der Waals surface area contributed by atoms with E-state index in [9.17, 15) is 0 Å². The second kappa shape index (κ2) is 4.16. The van der Waals surface area contributed by atoms with Gasteiger partial charge in [-0.15, -0.1) is 0 Å². The Kier molecular flexibility index (Phi) is 2.90. The van der Waals surface area contributed by atoms with Crippen molar-refractivity contribution in [1.29, 1.82) is 0 Å². The first-order valence-electron chi connectivity index (χ1n) is 4.20. The van der Waals surface area contributed by atoms with Crippen LogP contribution in [0.3, 0.4) is 0 Å². The first-order chi connectivity index (χ1) is 6.77. The van der Waals surface area contributed by atoms with Gasteiger partial charge in [0.2, 0.25) is 5.13 Å². The third-order valence-electron chi connectivity index (χ3n) is 2.00. The summed E-state index contributed by atoms with van der Waals surface area (Å²) in [7, 11) is 0. The molecule has 1 atom stereocenters. The number of nitrogens with two attached hydrogens (primary N) is 1. The summed E-state index contributed by atoms with van der Waals surface area (Å²) in [5.74, 6) is 0. The number of aromatic nitrogens is 2. The van der Waals surface area contributed by atoms with Gasteiger partial charge >= 0.3 is 0 Å². The van der Waals surface area contributed by atoms with Crippen molar-refractivity contribution in [1.82, 2.24) is 9.36 Å². The monoisotopic (exact) mass is 230 g/mol. The molecular weight excluding hydrogens is 220 g/mol. The van der Waals surface area contributed by atoms with Crippen molar-refractivity contribution in [3.8, 4) is 0 Å². The van der Waals surface area contributed by atoms with Crippen molar-refractivity contribution in [2.24, 2.45) is 5.73 Å². The van der Waals surface area contributed by atoms with Crippen LogP contribution in [-0.2, 0) is 4.74 Å². The highest BCUT2D eigenvalue weighted by Gasteiger charge is 2.23. The Morgan fingerprint density at radius 2 is 2.64 bits per heavy atom. The minimum absolute atomic E-state index is 0.164. The molecule has 1 unspecified atom stereocenters. The lowest BCUT2D eigenvalue weighted by Gasteiger charge is -2.31. The summed E-state index contributed by atoms with van der Waals surface area (Å²) in [5, 5.41) is 0.898. The Bertz CT molecular complexity index is 315. The van der Waals surface area contributed by atoms with Crippen LogP contribution in [-0.4, -0.2) is 40.1 Å². The van der Waals surface area contributed by atoms with Gasteiger partial charge in [0.25, 0.3) is 0 Å². The number of hydrogen-bond acceptors (Lipinski definition) is 6. The van der Waals surface area contributed by atoms with E-state index in [1.807, 2.05) is 0 Å². The molecule has 76 valence electrons. The molecule has 2 N–H and O–H groups in total. The predicted octanol–water partition coefficient (Wildman–Crippen LogP) is 0.0294. The van der Waals surface area contributed by atoms with Crippen molar-refractivity contribution < 1.29 is 4.74 Å². The summed E-state index contributed by atoms with van der Waals surface area (Å²) in [6, 6.07) is 0. The highest BCUT2D eigenvalue weighted by molar-refractivity contribution is 7.80. The van der Waals surface area contributed by atoms with Crippen molar-refractivity contribution in [3.05, 3.63) is 6.33 Å². The number of hydrogen-bond donors (Lipinski definition) is 1. The maximum atomic E-state index is 5.53. The number of morpholine rings is 1. The summed E-state index contributed by atoms with van der Waals surface area (Å²) >= 11 is 6.26. The van der Waals surface area contributed by atoms with Gasteiger partial charge in [-0.25, -0.2) is 4.98 Å². The molecule has 1 aromatic heterocycles. The molecule has 2 rings (SSSR count). The number of rotatable bonds is 2. The zero-order valence-corrected chi connectivity index (χ0v) is 9.05. The lowest BCUT2D eigenvalue weighted by molar-refractivity contribution is 0.0847. The largest absolute Gasteiger partial charge is 0.391 e. The minimum atomic E-state index is -0.164. The standard InChI is InChI=1S/C7H10N4OS2/c8-6(13)5-3-11(1-2-12-5)7-9-4-10-14-7/h4-5H,1-3H2,(H2,8,13). The molecule has 14 heavy (non-hydrogen) atoms. The lowest BCUT2D eigenvalue weighted by atomic mass is 10.3.